The molecule has 168 valence electrons. The van der Waals surface area contributed by atoms with E-state index in [-0.39, 0.29) is 35.7 Å². The van der Waals surface area contributed by atoms with Gasteiger partial charge < -0.3 is 14.8 Å². The highest BCUT2D eigenvalue weighted by atomic mass is 32.2. The summed E-state index contributed by atoms with van der Waals surface area (Å²) in [6, 6.07) is 4.71. The molecule has 0 aliphatic carbocycles. The van der Waals surface area contributed by atoms with E-state index in [1.165, 1.54) is 21.7 Å². The molecule has 2 aliphatic heterocycles. The second-order valence-corrected chi connectivity index (χ2v) is 10.9. The highest BCUT2D eigenvalue weighted by molar-refractivity contribution is 7.89. The van der Waals surface area contributed by atoms with Crippen molar-refractivity contribution < 1.29 is 22.7 Å². The van der Waals surface area contributed by atoms with Crippen LogP contribution >= 0.6 is 11.3 Å². The minimum Gasteiger partial charge on any atom is -0.490 e. The van der Waals surface area contributed by atoms with Crippen molar-refractivity contribution in [3.05, 3.63) is 23.2 Å². The molecule has 0 atom stereocenters. The molecule has 1 fully saturated rings. The zero-order valence-corrected chi connectivity index (χ0v) is 19.2. The van der Waals surface area contributed by atoms with Gasteiger partial charge in [0.2, 0.25) is 21.1 Å². The molecule has 1 amide bonds. The summed E-state index contributed by atoms with van der Waals surface area (Å²) in [7, 11) is -3.68. The number of hydrogen-bond acceptors (Lipinski definition) is 8. The van der Waals surface area contributed by atoms with E-state index in [2.05, 4.69) is 15.5 Å². The van der Waals surface area contributed by atoms with E-state index >= 15 is 0 Å². The Hall–Kier alpha value is -2.24. The number of amides is 1. The van der Waals surface area contributed by atoms with Gasteiger partial charge in [0.05, 0.1) is 18.1 Å². The fourth-order valence-corrected chi connectivity index (χ4v) is 5.77. The van der Waals surface area contributed by atoms with Crippen LogP contribution in [-0.2, 0) is 14.8 Å². The molecule has 31 heavy (non-hydrogen) atoms. The van der Waals surface area contributed by atoms with Gasteiger partial charge in [0, 0.05) is 37.4 Å². The number of aromatic nitrogens is 2. The quantitative estimate of drug-likeness (QED) is 0.721. The van der Waals surface area contributed by atoms with Crippen LogP contribution in [0.2, 0.25) is 0 Å². The number of fused-ring (bicyclic) bond motifs is 1. The molecular weight excluding hydrogens is 440 g/mol. The number of hydrogen-bond donors (Lipinski definition) is 1. The van der Waals surface area contributed by atoms with Crippen LogP contribution in [0.5, 0.6) is 11.5 Å². The van der Waals surface area contributed by atoms with Crippen LogP contribution < -0.4 is 14.8 Å². The lowest BCUT2D eigenvalue weighted by Gasteiger charge is -2.30. The molecule has 1 saturated heterocycles. The minimum atomic E-state index is -3.68. The SMILES string of the molecule is CC(C)c1nnc(NC(=O)C2CCN(S(=O)(=O)c3ccc4c(c3)OCCCO4)CC2)s1. The van der Waals surface area contributed by atoms with Crippen LogP contribution in [0.1, 0.15) is 44.0 Å². The summed E-state index contributed by atoms with van der Waals surface area (Å²) in [6.07, 6.45) is 1.65. The predicted molar refractivity (Wildman–Crippen MR) is 116 cm³/mol. The zero-order valence-electron chi connectivity index (χ0n) is 17.5. The lowest BCUT2D eigenvalue weighted by molar-refractivity contribution is -0.120. The molecule has 3 heterocycles. The van der Waals surface area contributed by atoms with Crippen molar-refractivity contribution in [1.29, 1.82) is 0 Å². The number of nitrogens with zero attached hydrogens (tertiary/aromatic N) is 3. The summed E-state index contributed by atoms with van der Waals surface area (Å²) < 4.78 is 38.8. The Morgan fingerprint density at radius 2 is 1.87 bits per heavy atom. The van der Waals surface area contributed by atoms with Gasteiger partial charge in [-0.15, -0.1) is 10.2 Å². The molecule has 0 saturated carbocycles. The molecular formula is C20H26N4O5S2. The van der Waals surface area contributed by atoms with Gasteiger partial charge in [-0.05, 0) is 25.0 Å². The third-order valence-electron chi connectivity index (χ3n) is 5.35. The largest absolute Gasteiger partial charge is 0.490 e. The Morgan fingerprint density at radius 1 is 1.16 bits per heavy atom. The van der Waals surface area contributed by atoms with Gasteiger partial charge in [-0.25, -0.2) is 8.42 Å². The van der Waals surface area contributed by atoms with Crippen molar-refractivity contribution in [2.75, 3.05) is 31.6 Å². The number of nitrogens with one attached hydrogen (secondary N) is 1. The van der Waals surface area contributed by atoms with Crippen molar-refractivity contribution in [2.45, 2.75) is 43.9 Å². The van der Waals surface area contributed by atoms with Gasteiger partial charge in [-0.1, -0.05) is 25.2 Å². The Balaban J connectivity index is 1.38. The highest BCUT2D eigenvalue weighted by Gasteiger charge is 2.33. The van der Waals surface area contributed by atoms with Crippen LogP contribution in [0.4, 0.5) is 5.13 Å². The van der Waals surface area contributed by atoms with E-state index in [1.807, 2.05) is 13.8 Å². The summed E-state index contributed by atoms with van der Waals surface area (Å²) in [5.74, 6) is 0.858. The van der Waals surface area contributed by atoms with Gasteiger partial charge in [0.15, 0.2) is 11.5 Å². The Kier molecular flexibility index (Phi) is 6.44. The molecule has 11 heteroatoms. The first-order valence-corrected chi connectivity index (χ1v) is 12.6. The minimum absolute atomic E-state index is 0.140. The Morgan fingerprint density at radius 3 is 2.55 bits per heavy atom. The highest BCUT2D eigenvalue weighted by Crippen LogP contribution is 2.34. The number of carbonyl (C=O) groups is 1. The Bertz CT molecular complexity index is 1050. The number of piperidine rings is 1. The smallest absolute Gasteiger partial charge is 0.243 e. The lowest BCUT2D eigenvalue weighted by Crippen LogP contribution is -2.41. The summed E-state index contributed by atoms with van der Waals surface area (Å²) in [5.41, 5.74) is 0. The first kappa shape index (κ1) is 22.0. The van der Waals surface area contributed by atoms with Gasteiger partial charge in [0.1, 0.15) is 5.01 Å². The van der Waals surface area contributed by atoms with Crippen molar-refractivity contribution >= 4 is 32.4 Å². The van der Waals surface area contributed by atoms with Gasteiger partial charge in [0.25, 0.3) is 0 Å². The molecule has 4 rings (SSSR count). The molecule has 0 spiro atoms. The number of ether oxygens (including phenoxy) is 2. The van der Waals surface area contributed by atoms with Crippen LogP contribution in [0.25, 0.3) is 0 Å². The second-order valence-electron chi connectivity index (χ2n) is 7.93. The maximum atomic E-state index is 13.1. The maximum Gasteiger partial charge on any atom is 0.243 e. The molecule has 1 aromatic carbocycles. The van der Waals surface area contributed by atoms with Gasteiger partial charge in [-0.3, -0.25) is 4.79 Å². The number of rotatable bonds is 5. The normalized spacial score (nSPS) is 18.0. The number of sulfonamides is 1. The molecule has 0 radical (unpaired) electrons. The fourth-order valence-electron chi connectivity index (χ4n) is 3.54. The Labute approximate surface area is 185 Å². The van der Waals surface area contributed by atoms with Crippen molar-refractivity contribution in [1.82, 2.24) is 14.5 Å². The average molecular weight is 467 g/mol. The first-order valence-electron chi connectivity index (χ1n) is 10.4. The number of carbonyl (C=O) groups excluding carboxylic acids is 1. The van der Waals surface area contributed by atoms with E-state index < -0.39 is 10.0 Å². The predicted octanol–water partition coefficient (Wildman–Crippen LogP) is 2.86. The van der Waals surface area contributed by atoms with Gasteiger partial charge >= 0.3 is 0 Å². The summed E-state index contributed by atoms with van der Waals surface area (Å²) in [4.78, 5) is 12.8. The van der Waals surface area contributed by atoms with E-state index in [4.69, 9.17) is 9.47 Å². The van der Waals surface area contributed by atoms with E-state index in [9.17, 15) is 13.2 Å². The van der Waals surface area contributed by atoms with Crippen molar-refractivity contribution in [3.63, 3.8) is 0 Å². The first-order chi connectivity index (χ1) is 14.8. The third-order valence-corrected chi connectivity index (χ3v) is 8.38. The molecule has 9 nitrogen and oxygen atoms in total. The fraction of sp³-hybridized carbons (Fsp3) is 0.550. The number of anilines is 1. The topological polar surface area (TPSA) is 111 Å². The molecule has 2 aliphatic rings. The molecule has 1 N–H and O–H groups in total. The third kappa shape index (κ3) is 4.83. The molecule has 1 aromatic heterocycles. The lowest BCUT2D eigenvalue weighted by atomic mass is 9.97. The monoisotopic (exact) mass is 466 g/mol. The summed E-state index contributed by atoms with van der Waals surface area (Å²) in [6.45, 7) is 5.64. The van der Waals surface area contributed by atoms with Crippen molar-refractivity contribution in [2.24, 2.45) is 5.92 Å². The summed E-state index contributed by atoms with van der Waals surface area (Å²) >= 11 is 1.37. The molecule has 0 unspecified atom stereocenters. The number of benzene rings is 1. The van der Waals surface area contributed by atoms with Crippen LogP contribution in [0, 0.1) is 5.92 Å². The second kappa shape index (κ2) is 9.09. The van der Waals surface area contributed by atoms with E-state index in [0.717, 1.165) is 11.4 Å². The standard InChI is InChI=1S/C20H26N4O5S2/c1-13(2)19-22-23-20(30-19)21-18(25)14-6-8-24(9-7-14)31(26,27)15-4-5-16-17(12-15)29-11-3-10-28-16/h4-5,12-14H,3,6-11H2,1-2H3,(H,21,23,25). The van der Waals surface area contributed by atoms with E-state index in [1.54, 1.807) is 12.1 Å². The molecule has 0 bridgehead atoms. The van der Waals surface area contributed by atoms with Crippen molar-refractivity contribution in [3.8, 4) is 11.5 Å². The zero-order chi connectivity index (χ0) is 22.0. The summed E-state index contributed by atoms with van der Waals surface area (Å²) in [5, 5.41) is 12.3. The molecule has 2 aromatic rings. The maximum absolute atomic E-state index is 13.1. The van der Waals surface area contributed by atoms with Crippen LogP contribution in [-0.4, -0.2) is 55.1 Å². The van der Waals surface area contributed by atoms with Crippen LogP contribution in [0.15, 0.2) is 23.1 Å². The average Bonchev–Trinajstić information content (AvgIpc) is 3.10. The van der Waals surface area contributed by atoms with E-state index in [0.29, 0.717) is 42.7 Å². The van der Waals surface area contributed by atoms with Crippen LogP contribution in [0.3, 0.4) is 0 Å². The van der Waals surface area contributed by atoms with Gasteiger partial charge in [-0.2, -0.15) is 4.31 Å².